The van der Waals surface area contributed by atoms with Gasteiger partial charge in [-0.2, -0.15) is 0 Å². The molecule has 0 atom stereocenters. The van der Waals surface area contributed by atoms with Crippen molar-refractivity contribution in [2.75, 3.05) is 5.32 Å². The van der Waals surface area contributed by atoms with E-state index in [0.717, 1.165) is 11.3 Å². The molecule has 4 N–H and O–H groups in total. The number of aryl methyl sites for hydroxylation is 1. The zero-order chi connectivity index (χ0) is 14.0. The molecule has 0 saturated carbocycles. The maximum Gasteiger partial charge on any atom is 0.271 e. The number of nitrogens with one attached hydrogen (secondary N) is 1. The number of anilines is 1. The van der Waals surface area contributed by atoms with Gasteiger partial charge in [-0.1, -0.05) is 0 Å². The molecule has 0 saturated heterocycles. The Bertz CT molecular complexity index is 692. The fraction of sp³-hybridized carbons (Fsp3) is 0.167. The van der Waals surface area contributed by atoms with E-state index in [4.69, 9.17) is 9.56 Å². The molecule has 0 fully saturated rings. The van der Waals surface area contributed by atoms with Crippen molar-refractivity contribution < 1.29 is 17.9 Å². The summed E-state index contributed by atoms with van der Waals surface area (Å²) in [6, 6.07) is 7.93. The van der Waals surface area contributed by atoms with E-state index in [9.17, 15) is 13.5 Å². The quantitative estimate of drug-likeness (QED) is 0.738. The first-order valence-electron chi connectivity index (χ1n) is 5.51. The number of furan rings is 1. The molecular weight excluding hydrogens is 268 g/mol. The van der Waals surface area contributed by atoms with Crippen LogP contribution in [0, 0.1) is 6.92 Å². The molecule has 0 spiro atoms. The van der Waals surface area contributed by atoms with E-state index in [1.807, 2.05) is 0 Å². The van der Waals surface area contributed by atoms with Gasteiger partial charge < -0.3 is 14.8 Å². The molecular formula is C12H14N2O4S. The Labute approximate surface area is 110 Å². The maximum absolute atomic E-state index is 11.0. The highest BCUT2D eigenvalue weighted by Crippen LogP contribution is 2.21. The molecule has 1 heterocycles. The molecule has 19 heavy (non-hydrogen) atoms. The third-order valence-corrected chi connectivity index (χ3v) is 3.36. The van der Waals surface area contributed by atoms with Crippen LogP contribution in [-0.2, 0) is 16.6 Å². The molecule has 2 aromatic rings. The second-order valence-corrected chi connectivity index (χ2v) is 5.61. The molecule has 1 aromatic carbocycles. The average Bonchev–Trinajstić information content (AvgIpc) is 2.79. The van der Waals surface area contributed by atoms with Crippen LogP contribution < -0.4 is 10.5 Å². The lowest BCUT2D eigenvalue weighted by molar-refractivity contribution is 0.419. The first-order valence-corrected chi connectivity index (χ1v) is 7.06. The summed E-state index contributed by atoms with van der Waals surface area (Å²) in [7, 11) is -3.80. The Kier molecular flexibility index (Phi) is 3.50. The summed E-state index contributed by atoms with van der Waals surface area (Å²) in [4.78, 5) is 0. The van der Waals surface area contributed by atoms with Crippen molar-refractivity contribution >= 4 is 15.7 Å². The van der Waals surface area contributed by atoms with Crippen molar-refractivity contribution in [1.82, 2.24) is 0 Å². The van der Waals surface area contributed by atoms with E-state index in [1.165, 1.54) is 6.07 Å². The minimum atomic E-state index is -3.80. The molecule has 0 bridgehead atoms. The Morgan fingerprint density at radius 3 is 2.63 bits per heavy atom. The summed E-state index contributed by atoms with van der Waals surface area (Å²) in [5, 5.41) is 17.1. The summed E-state index contributed by atoms with van der Waals surface area (Å²) >= 11 is 0. The van der Waals surface area contributed by atoms with E-state index in [2.05, 4.69) is 5.32 Å². The largest absolute Gasteiger partial charge is 0.508 e. The summed E-state index contributed by atoms with van der Waals surface area (Å²) < 4.78 is 27.2. The number of rotatable bonds is 4. The van der Waals surface area contributed by atoms with Crippen LogP contribution in [0.3, 0.4) is 0 Å². The minimum absolute atomic E-state index is 0.222. The van der Waals surface area contributed by atoms with Gasteiger partial charge in [0.15, 0.2) is 0 Å². The van der Waals surface area contributed by atoms with Gasteiger partial charge in [-0.05, 0) is 42.8 Å². The molecule has 2 rings (SSSR count). The molecule has 6 nitrogen and oxygen atoms in total. The predicted octanol–water partition coefficient (Wildman–Crippen LogP) is 1.55. The summed E-state index contributed by atoms with van der Waals surface area (Å²) in [5.41, 5.74) is 1.54. The normalized spacial score (nSPS) is 11.5. The first-order chi connectivity index (χ1) is 8.86. The Balaban J connectivity index is 2.06. The van der Waals surface area contributed by atoms with Gasteiger partial charge in [0, 0.05) is 5.69 Å². The smallest absolute Gasteiger partial charge is 0.271 e. The van der Waals surface area contributed by atoms with Gasteiger partial charge in [0.25, 0.3) is 10.0 Å². The van der Waals surface area contributed by atoms with E-state index in [0.29, 0.717) is 12.3 Å². The number of aromatic hydroxyl groups is 1. The van der Waals surface area contributed by atoms with Crippen LogP contribution in [-0.4, -0.2) is 13.5 Å². The number of nitrogens with two attached hydrogens (primary N) is 1. The Hall–Kier alpha value is -1.99. The van der Waals surface area contributed by atoms with Gasteiger partial charge >= 0.3 is 0 Å². The number of hydrogen-bond acceptors (Lipinski definition) is 5. The van der Waals surface area contributed by atoms with Gasteiger partial charge in [0.05, 0.1) is 6.54 Å². The first kappa shape index (κ1) is 13.4. The van der Waals surface area contributed by atoms with Crippen molar-refractivity contribution in [3.63, 3.8) is 0 Å². The topological polar surface area (TPSA) is 106 Å². The number of phenols is 1. The lowest BCUT2D eigenvalue weighted by Crippen LogP contribution is -2.10. The van der Waals surface area contributed by atoms with E-state index in [-0.39, 0.29) is 10.8 Å². The van der Waals surface area contributed by atoms with Crippen molar-refractivity contribution in [3.8, 4) is 5.75 Å². The predicted molar refractivity (Wildman–Crippen MR) is 70.3 cm³/mol. The monoisotopic (exact) mass is 282 g/mol. The molecule has 7 heteroatoms. The van der Waals surface area contributed by atoms with E-state index in [1.54, 1.807) is 31.2 Å². The fourth-order valence-corrected chi connectivity index (χ4v) is 2.04. The fourth-order valence-electron chi connectivity index (χ4n) is 1.56. The molecule has 102 valence electrons. The second-order valence-electron chi connectivity index (χ2n) is 4.12. The van der Waals surface area contributed by atoms with Gasteiger partial charge in [0.2, 0.25) is 5.09 Å². The lowest BCUT2D eigenvalue weighted by Gasteiger charge is -2.06. The van der Waals surface area contributed by atoms with Crippen LogP contribution in [0.2, 0.25) is 0 Å². The molecule has 0 amide bonds. The number of sulfonamides is 1. The van der Waals surface area contributed by atoms with Crippen LogP contribution in [0.4, 0.5) is 5.69 Å². The van der Waals surface area contributed by atoms with Crippen LogP contribution >= 0.6 is 0 Å². The van der Waals surface area contributed by atoms with Crippen LogP contribution in [0.15, 0.2) is 39.8 Å². The summed E-state index contributed by atoms with van der Waals surface area (Å²) in [6.45, 7) is 2.10. The van der Waals surface area contributed by atoms with Gasteiger partial charge in [-0.15, -0.1) is 0 Å². The standard InChI is InChI=1S/C12H14N2O4S/c1-8-6-9(2-4-11(8)15)14-7-10-3-5-12(18-10)19(13,16)17/h2-6,14-15H,7H2,1H3,(H2,13,16,17). The van der Waals surface area contributed by atoms with Crippen molar-refractivity contribution in [2.45, 2.75) is 18.6 Å². The highest BCUT2D eigenvalue weighted by Gasteiger charge is 2.12. The van der Waals surface area contributed by atoms with Crippen molar-refractivity contribution in [3.05, 3.63) is 41.7 Å². The molecule has 0 aliphatic heterocycles. The third-order valence-electron chi connectivity index (χ3n) is 2.58. The maximum atomic E-state index is 11.0. The highest BCUT2D eigenvalue weighted by atomic mass is 32.2. The highest BCUT2D eigenvalue weighted by molar-refractivity contribution is 7.89. The van der Waals surface area contributed by atoms with Gasteiger partial charge in [-0.25, -0.2) is 13.6 Å². The SMILES string of the molecule is Cc1cc(NCc2ccc(S(N)(=O)=O)o2)ccc1O. The summed E-state index contributed by atoms with van der Waals surface area (Å²) in [6.07, 6.45) is 0. The molecule has 0 radical (unpaired) electrons. The van der Waals surface area contributed by atoms with Crippen LogP contribution in [0.25, 0.3) is 0 Å². The molecule has 0 unspecified atom stereocenters. The minimum Gasteiger partial charge on any atom is -0.508 e. The Morgan fingerprint density at radius 2 is 2.05 bits per heavy atom. The van der Waals surface area contributed by atoms with Crippen LogP contribution in [0.5, 0.6) is 5.75 Å². The van der Waals surface area contributed by atoms with Crippen molar-refractivity contribution in [2.24, 2.45) is 5.14 Å². The lowest BCUT2D eigenvalue weighted by atomic mass is 10.2. The molecule has 1 aromatic heterocycles. The number of hydrogen-bond donors (Lipinski definition) is 3. The molecule has 0 aliphatic carbocycles. The number of benzene rings is 1. The van der Waals surface area contributed by atoms with Crippen molar-refractivity contribution in [1.29, 1.82) is 0 Å². The summed E-state index contributed by atoms with van der Waals surface area (Å²) in [5.74, 6) is 0.676. The van der Waals surface area contributed by atoms with Gasteiger partial charge in [0.1, 0.15) is 11.5 Å². The second kappa shape index (κ2) is 4.94. The van der Waals surface area contributed by atoms with E-state index >= 15 is 0 Å². The Morgan fingerprint density at radius 1 is 1.32 bits per heavy atom. The molecule has 0 aliphatic rings. The third kappa shape index (κ3) is 3.27. The van der Waals surface area contributed by atoms with Crippen LogP contribution in [0.1, 0.15) is 11.3 Å². The number of phenolic OH excluding ortho intramolecular Hbond substituents is 1. The number of primary sulfonamides is 1. The zero-order valence-electron chi connectivity index (χ0n) is 10.3. The van der Waals surface area contributed by atoms with E-state index < -0.39 is 10.0 Å². The van der Waals surface area contributed by atoms with Gasteiger partial charge in [-0.3, -0.25) is 0 Å². The zero-order valence-corrected chi connectivity index (χ0v) is 11.1. The average molecular weight is 282 g/mol.